The Bertz CT molecular complexity index is 620. The molecule has 1 aromatic heterocycles. The van der Waals surface area contributed by atoms with Crippen molar-refractivity contribution in [1.29, 1.82) is 0 Å². The fourth-order valence-corrected chi connectivity index (χ4v) is 2.68. The van der Waals surface area contributed by atoms with Crippen LogP contribution in [-0.4, -0.2) is 43.5 Å². The minimum atomic E-state index is -0.231. The SMILES string of the molecule is O=C(CNCc1ccco1)N1CCN(c2ccc(F)cc2)CC1. The van der Waals surface area contributed by atoms with Crippen LogP contribution < -0.4 is 10.2 Å². The van der Waals surface area contributed by atoms with E-state index >= 15 is 0 Å². The van der Waals surface area contributed by atoms with Gasteiger partial charge in [0.25, 0.3) is 0 Å². The van der Waals surface area contributed by atoms with E-state index in [1.807, 2.05) is 17.0 Å². The number of nitrogens with zero attached hydrogens (tertiary/aromatic N) is 2. The number of nitrogens with one attached hydrogen (secondary N) is 1. The quantitative estimate of drug-likeness (QED) is 0.914. The molecule has 2 aromatic rings. The van der Waals surface area contributed by atoms with Gasteiger partial charge in [-0.2, -0.15) is 0 Å². The lowest BCUT2D eigenvalue weighted by Gasteiger charge is -2.36. The molecule has 0 aliphatic carbocycles. The van der Waals surface area contributed by atoms with E-state index in [1.54, 1.807) is 18.4 Å². The molecule has 23 heavy (non-hydrogen) atoms. The number of benzene rings is 1. The molecule has 6 heteroatoms. The molecular weight excluding hydrogens is 297 g/mol. The molecule has 0 saturated carbocycles. The van der Waals surface area contributed by atoms with Gasteiger partial charge in [0.1, 0.15) is 11.6 Å². The fraction of sp³-hybridized carbons (Fsp3) is 0.353. The summed E-state index contributed by atoms with van der Waals surface area (Å²) in [7, 11) is 0. The summed E-state index contributed by atoms with van der Waals surface area (Å²) in [6.45, 7) is 3.73. The van der Waals surface area contributed by atoms with Gasteiger partial charge >= 0.3 is 0 Å². The summed E-state index contributed by atoms with van der Waals surface area (Å²) in [6, 6.07) is 10.2. The largest absolute Gasteiger partial charge is 0.468 e. The van der Waals surface area contributed by atoms with Crippen LogP contribution in [0.1, 0.15) is 5.76 Å². The molecule has 1 N–H and O–H groups in total. The van der Waals surface area contributed by atoms with Crippen molar-refractivity contribution in [2.24, 2.45) is 0 Å². The van der Waals surface area contributed by atoms with Gasteiger partial charge in [-0.1, -0.05) is 0 Å². The van der Waals surface area contributed by atoms with E-state index in [-0.39, 0.29) is 11.7 Å². The van der Waals surface area contributed by atoms with Crippen LogP contribution in [-0.2, 0) is 11.3 Å². The zero-order chi connectivity index (χ0) is 16.1. The van der Waals surface area contributed by atoms with Crippen LogP contribution in [0, 0.1) is 5.82 Å². The number of piperazine rings is 1. The van der Waals surface area contributed by atoms with Crippen LogP contribution in [0.5, 0.6) is 0 Å². The number of anilines is 1. The highest BCUT2D eigenvalue weighted by Crippen LogP contribution is 2.16. The molecule has 0 atom stereocenters. The van der Waals surface area contributed by atoms with E-state index < -0.39 is 0 Å². The third kappa shape index (κ3) is 4.10. The third-order valence-electron chi connectivity index (χ3n) is 3.98. The first-order valence-corrected chi connectivity index (χ1v) is 7.74. The summed E-state index contributed by atoms with van der Waals surface area (Å²) in [6.07, 6.45) is 1.62. The Kier molecular flexibility index (Phi) is 4.92. The molecule has 1 aliphatic rings. The van der Waals surface area contributed by atoms with Crippen molar-refractivity contribution < 1.29 is 13.6 Å². The highest BCUT2D eigenvalue weighted by atomic mass is 19.1. The van der Waals surface area contributed by atoms with Crippen LogP contribution in [0.4, 0.5) is 10.1 Å². The van der Waals surface area contributed by atoms with Crippen molar-refractivity contribution >= 4 is 11.6 Å². The Hall–Kier alpha value is -2.34. The van der Waals surface area contributed by atoms with Crippen LogP contribution >= 0.6 is 0 Å². The van der Waals surface area contributed by atoms with Gasteiger partial charge in [-0.15, -0.1) is 0 Å². The Morgan fingerprint density at radius 2 is 1.87 bits per heavy atom. The topological polar surface area (TPSA) is 48.7 Å². The minimum absolute atomic E-state index is 0.0929. The number of hydrogen-bond acceptors (Lipinski definition) is 4. The Labute approximate surface area is 134 Å². The van der Waals surface area contributed by atoms with Gasteiger partial charge < -0.3 is 19.5 Å². The van der Waals surface area contributed by atoms with Crippen molar-refractivity contribution in [1.82, 2.24) is 10.2 Å². The Balaban J connectivity index is 1.43. The van der Waals surface area contributed by atoms with E-state index in [1.165, 1.54) is 12.1 Å². The van der Waals surface area contributed by atoms with Crippen LogP contribution in [0.15, 0.2) is 47.1 Å². The molecule has 1 fully saturated rings. The third-order valence-corrected chi connectivity index (χ3v) is 3.98. The number of rotatable bonds is 5. The number of amides is 1. The van der Waals surface area contributed by atoms with Gasteiger partial charge in [-0.05, 0) is 36.4 Å². The number of furan rings is 1. The van der Waals surface area contributed by atoms with Crippen molar-refractivity contribution in [2.75, 3.05) is 37.6 Å². The van der Waals surface area contributed by atoms with E-state index in [9.17, 15) is 9.18 Å². The molecule has 1 aliphatic heterocycles. The maximum absolute atomic E-state index is 13.0. The number of halogens is 1. The molecule has 3 rings (SSSR count). The van der Waals surface area contributed by atoms with Gasteiger partial charge in [-0.25, -0.2) is 4.39 Å². The summed E-state index contributed by atoms with van der Waals surface area (Å²) in [5.74, 6) is 0.680. The van der Waals surface area contributed by atoms with Gasteiger partial charge in [-0.3, -0.25) is 4.79 Å². The average Bonchev–Trinajstić information content (AvgIpc) is 3.09. The molecule has 122 valence electrons. The monoisotopic (exact) mass is 317 g/mol. The molecule has 1 amide bonds. The second kappa shape index (κ2) is 7.28. The molecule has 5 nitrogen and oxygen atoms in total. The molecular formula is C17H20FN3O2. The van der Waals surface area contributed by atoms with Crippen LogP contribution in [0.25, 0.3) is 0 Å². The standard InChI is InChI=1S/C17H20FN3O2/c18-14-3-5-15(6-4-14)20-7-9-21(10-8-20)17(22)13-19-12-16-2-1-11-23-16/h1-6,11,19H,7-10,12-13H2. The minimum Gasteiger partial charge on any atom is -0.468 e. The smallest absolute Gasteiger partial charge is 0.236 e. The predicted octanol–water partition coefficient (Wildman–Crippen LogP) is 1.86. The first-order chi connectivity index (χ1) is 11.2. The first kappa shape index (κ1) is 15.6. The Morgan fingerprint density at radius 3 is 2.52 bits per heavy atom. The lowest BCUT2D eigenvalue weighted by atomic mass is 10.2. The number of hydrogen-bond donors (Lipinski definition) is 1. The van der Waals surface area contributed by atoms with E-state index in [0.29, 0.717) is 26.2 Å². The second-order valence-corrected chi connectivity index (χ2v) is 5.53. The summed E-state index contributed by atoms with van der Waals surface area (Å²) in [4.78, 5) is 16.2. The average molecular weight is 317 g/mol. The first-order valence-electron chi connectivity index (χ1n) is 7.74. The molecule has 0 radical (unpaired) electrons. The lowest BCUT2D eigenvalue weighted by molar-refractivity contribution is -0.130. The second-order valence-electron chi connectivity index (χ2n) is 5.53. The van der Waals surface area contributed by atoms with Gasteiger partial charge in [0.15, 0.2) is 0 Å². The number of carbonyl (C=O) groups excluding carboxylic acids is 1. The van der Waals surface area contributed by atoms with Crippen molar-refractivity contribution in [3.8, 4) is 0 Å². The van der Waals surface area contributed by atoms with Gasteiger partial charge in [0, 0.05) is 31.9 Å². The highest BCUT2D eigenvalue weighted by molar-refractivity contribution is 5.78. The van der Waals surface area contributed by atoms with Crippen LogP contribution in [0.3, 0.4) is 0 Å². The maximum Gasteiger partial charge on any atom is 0.236 e. The van der Waals surface area contributed by atoms with Gasteiger partial charge in [0.05, 0.1) is 19.4 Å². The number of carbonyl (C=O) groups is 1. The molecule has 0 spiro atoms. The van der Waals surface area contributed by atoms with Crippen molar-refractivity contribution in [3.05, 3.63) is 54.2 Å². The van der Waals surface area contributed by atoms with E-state index in [4.69, 9.17) is 4.42 Å². The van der Waals surface area contributed by atoms with Crippen LogP contribution in [0.2, 0.25) is 0 Å². The van der Waals surface area contributed by atoms with E-state index in [0.717, 1.165) is 24.5 Å². The Morgan fingerprint density at radius 1 is 1.13 bits per heavy atom. The summed E-state index contributed by atoms with van der Waals surface area (Å²) >= 11 is 0. The molecule has 1 aromatic carbocycles. The lowest BCUT2D eigenvalue weighted by Crippen LogP contribution is -2.50. The van der Waals surface area contributed by atoms with Crippen molar-refractivity contribution in [2.45, 2.75) is 6.54 Å². The molecule has 1 saturated heterocycles. The molecule has 2 heterocycles. The normalized spacial score (nSPS) is 15.0. The highest BCUT2D eigenvalue weighted by Gasteiger charge is 2.20. The zero-order valence-corrected chi connectivity index (χ0v) is 12.9. The molecule has 0 bridgehead atoms. The van der Waals surface area contributed by atoms with E-state index in [2.05, 4.69) is 10.2 Å². The zero-order valence-electron chi connectivity index (χ0n) is 12.9. The maximum atomic E-state index is 13.0. The summed E-state index contributed by atoms with van der Waals surface area (Å²) in [5, 5.41) is 3.09. The predicted molar refractivity (Wildman–Crippen MR) is 85.6 cm³/mol. The fourth-order valence-electron chi connectivity index (χ4n) is 2.68. The summed E-state index contributed by atoms with van der Waals surface area (Å²) in [5.41, 5.74) is 0.995. The molecule has 0 unspecified atom stereocenters. The summed E-state index contributed by atoms with van der Waals surface area (Å²) < 4.78 is 18.2. The van der Waals surface area contributed by atoms with Crippen molar-refractivity contribution in [3.63, 3.8) is 0 Å². The van der Waals surface area contributed by atoms with Gasteiger partial charge in [0.2, 0.25) is 5.91 Å².